The van der Waals surface area contributed by atoms with Crippen molar-refractivity contribution >= 4 is 20.8 Å². The van der Waals surface area contributed by atoms with Crippen LogP contribution in [0, 0.1) is 0 Å². The SMILES string of the molecule is CCC(CN)NS(=O)(=O)c1cccc2ccccc12. The quantitative estimate of drug-likeness (QED) is 0.876. The molecule has 0 bridgehead atoms. The summed E-state index contributed by atoms with van der Waals surface area (Å²) in [6.07, 6.45) is 0.667. The molecule has 1 atom stereocenters. The van der Waals surface area contributed by atoms with Crippen LogP contribution in [0.3, 0.4) is 0 Å². The standard InChI is InChI=1S/C14H18N2O2S/c1-2-12(10-15)16-19(17,18)14-9-5-7-11-6-3-4-8-13(11)14/h3-9,12,16H,2,10,15H2,1H3. The molecule has 0 aliphatic carbocycles. The minimum Gasteiger partial charge on any atom is -0.329 e. The van der Waals surface area contributed by atoms with Crippen molar-refractivity contribution in [2.75, 3.05) is 6.54 Å². The topological polar surface area (TPSA) is 72.2 Å². The summed E-state index contributed by atoms with van der Waals surface area (Å²) in [5.74, 6) is 0. The Hall–Kier alpha value is -1.43. The largest absolute Gasteiger partial charge is 0.329 e. The summed E-state index contributed by atoms with van der Waals surface area (Å²) >= 11 is 0. The van der Waals surface area contributed by atoms with E-state index in [0.717, 1.165) is 10.8 Å². The van der Waals surface area contributed by atoms with Gasteiger partial charge in [-0.3, -0.25) is 0 Å². The van der Waals surface area contributed by atoms with Gasteiger partial charge in [0.15, 0.2) is 0 Å². The number of hydrogen-bond acceptors (Lipinski definition) is 3. The van der Waals surface area contributed by atoms with Gasteiger partial charge in [-0.25, -0.2) is 13.1 Å². The van der Waals surface area contributed by atoms with Crippen LogP contribution in [0.1, 0.15) is 13.3 Å². The van der Waals surface area contributed by atoms with Gasteiger partial charge in [-0.15, -0.1) is 0 Å². The van der Waals surface area contributed by atoms with E-state index in [2.05, 4.69) is 4.72 Å². The zero-order chi connectivity index (χ0) is 13.9. The van der Waals surface area contributed by atoms with Crippen LogP contribution >= 0.6 is 0 Å². The molecule has 0 heterocycles. The van der Waals surface area contributed by atoms with E-state index in [1.54, 1.807) is 12.1 Å². The van der Waals surface area contributed by atoms with E-state index < -0.39 is 10.0 Å². The highest BCUT2D eigenvalue weighted by atomic mass is 32.2. The summed E-state index contributed by atoms with van der Waals surface area (Å²) in [7, 11) is -3.54. The van der Waals surface area contributed by atoms with Crippen molar-refractivity contribution in [2.45, 2.75) is 24.3 Å². The van der Waals surface area contributed by atoms with E-state index >= 15 is 0 Å². The Balaban J connectivity index is 2.49. The van der Waals surface area contributed by atoms with E-state index in [0.29, 0.717) is 17.9 Å². The number of nitrogens with two attached hydrogens (primary N) is 1. The second kappa shape index (κ2) is 5.69. The van der Waals surface area contributed by atoms with Crippen LogP contribution in [-0.2, 0) is 10.0 Å². The molecule has 1 unspecified atom stereocenters. The maximum absolute atomic E-state index is 12.4. The van der Waals surface area contributed by atoms with E-state index in [-0.39, 0.29) is 6.04 Å². The molecule has 102 valence electrons. The Morgan fingerprint density at radius 2 is 1.84 bits per heavy atom. The third-order valence-electron chi connectivity index (χ3n) is 3.14. The highest BCUT2D eigenvalue weighted by molar-refractivity contribution is 7.89. The molecule has 2 aromatic carbocycles. The van der Waals surface area contributed by atoms with Crippen LogP contribution < -0.4 is 10.5 Å². The van der Waals surface area contributed by atoms with Crippen LogP contribution in [0.25, 0.3) is 10.8 Å². The molecule has 0 aliphatic rings. The summed E-state index contributed by atoms with van der Waals surface area (Å²) in [5, 5.41) is 1.63. The number of nitrogens with one attached hydrogen (secondary N) is 1. The lowest BCUT2D eigenvalue weighted by atomic mass is 10.1. The first-order chi connectivity index (χ1) is 9.08. The van der Waals surface area contributed by atoms with Gasteiger partial charge >= 0.3 is 0 Å². The molecule has 0 radical (unpaired) electrons. The molecule has 0 saturated heterocycles. The maximum Gasteiger partial charge on any atom is 0.241 e. The van der Waals surface area contributed by atoms with Crippen LogP contribution in [0.2, 0.25) is 0 Å². The van der Waals surface area contributed by atoms with Gasteiger partial charge in [0.25, 0.3) is 0 Å². The van der Waals surface area contributed by atoms with E-state index in [1.165, 1.54) is 0 Å². The molecule has 5 heteroatoms. The minimum atomic E-state index is -3.54. The Kier molecular flexibility index (Phi) is 4.19. The number of sulfonamides is 1. The molecular weight excluding hydrogens is 260 g/mol. The van der Waals surface area contributed by atoms with Gasteiger partial charge in [0.1, 0.15) is 0 Å². The Morgan fingerprint density at radius 1 is 1.16 bits per heavy atom. The van der Waals surface area contributed by atoms with Crippen molar-refractivity contribution in [3.8, 4) is 0 Å². The Bertz CT molecular complexity index is 659. The first-order valence-corrected chi connectivity index (χ1v) is 7.77. The predicted octanol–water partition coefficient (Wildman–Crippen LogP) is 1.86. The van der Waals surface area contributed by atoms with Crippen molar-refractivity contribution in [1.82, 2.24) is 4.72 Å². The zero-order valence-electron chi connectivity index (χ0n) is 10.8. The second-order valence-corrected chi connectivity index (χ2v) is 6.12. The minimum absolute atomic E-state index is 0.232. The van der Waals surface area contributed by atoms with Gasteiger partial charge in [-0.2, -0.15) is 0 Å². The molecule has 19 heavy (non-hydrogen) atoms. The normalized spacial score (nSPS) is 13.6. The molecular formula is C14H18N2O2S. The van der Waals surface area contributed by atoms with Crippen LogP contribution in [-0.4, -0.2) is 21.0 Å². The molecule has 0 saturated carbocycles. The summed E-state index contributed by atoms with van der Waals surface area (Å²) < 4.78 is 27.5. The number of fused-ring (bicyclic) bond motifs is 1. The van der Waals surface area contributed by atoms with Crippen molar-refractivity contribution in [2.24, 2.45) is 5.73 Å². The lowest BCUT2D eigenvalue weighted by molar-refractivity contribution is 0.543. The Morgan fingerprint density at radius 3 is 2.53 bits per heavy atom. The molecule has 0 aliphatic heterocycles. The summed E-state index contributed by atoms with van der Waals surface area (Å²) in [6.45, 7) is 2.20. The van der Waals surface area contributed by atoms with Gasteiger partial charge in [0.05, 0.1) is 4.90 Å². The molecule has 2 rings (SSSR count). The average molecular weight is 278 g/mol. The van der Waals surface area contributed by atoms with Gasteiger partial charge in [-0.05, 0) is 17.9 Å². The molecule has 3 N–H and O–H groups in total. The third-order valence-corrected chi connectivity index (χ3v) is 4.72. The maximum atomic E-state index is 12.4. The fourth-order valence-electron chi connectivity index (χ4n) is 2.01. The summed E-state index contributed by atoms with van der Waals surface area (Å²) in [4.78, 5) is 0.303. The van der Waals surface area contributed by atoms with E-state index in [1.807, 2.05) is 37.3 Å². The van der Waals surface area contributed by atoms with Crippen molar-refractivity contribution < 1.29 is 8.42 Å². The predicted molar refractivity (Wildman–Crippen MR) is 77.4 cm³/mol. The van der Waals surface area contributed by atoms with Gasteiger partial charge in [-0.1, -0.05) is 43.3 Å². The fraction of sp³-hybridized carbons (Fsp3) is 0.286. The van der Waals surface area contributed by atoms with Crippen LogP contribution in [0.15, 0.2) is 47.4 Å². The molecule has 0 fully saturated rings. The highest BCUT2D eigenvalue weighted by Gasteiger charge is 2.20. The monoisotopic (exact) mass is 278 g/mol. The number of hydrogen-bond donors (Lipinski definition) is 2. The van der Waals surface area contributed by atoms with Crippen molar-refractivity contribution in [3.63, 3.8) is 0 Å². The third kappa shape index (κ3) is 2.94. The van der Waals surface area contributed by atoms with Crippen molar-refractivity contribution in [1.29, 1.82) is 0 Å². The second-order valence-electron chi connectivity index (χ2n) is 4.44. The van der Waals surface area contributed by atoms with E-state index in [4.69, 9.17) is 5.73 Å². The molecule has 0 spiro atoms. The highest BCUT2D eigenvalue weighted by Crippen LogP contribution is 2.22. The molecule has 4 nitrogen and oxygen atoms in total. The lowest BCUT2D eigenvalue weighted by Gasteiger charge is -2.16. The fourth-order valence-corrected chi connectivity index (χ4v) is 3.57. The molecule has 0 amide bonds. The number of benzene rings is 2. The van der Waals surface area contributed by atoms with Gasteiger partial charge in [0.2, 0.25) is 10.0 Å². The van der Waals surface area contributed by atoms with Gasteiger partial charge in [0, 0.05) is 18.0 Å². The molecule has 2 aromatic rings. The first-order valence-electron chi connectivity index (χ1n) is 6.28. The van der Waals surface area contributed by atoms with Crippen LogP contribution in [0.4, 0.5) is 0 Å². The number of rotatable bonds is 5. The first kappa shape index (κ1) is 14.0. The van der Waals surface area contributed by atoms with Crippen LogP contribution in [0.5, 0.6) is 0 Å². The lowest BCUT2D eigenvalue weighted by Crippen LogP contribution is -2.39. The molecule has 0 aromatic heterocycles. The average Bonchev–Trinajstić information content (AvgIpc) is 2.44. The van der Waals surface area contributed by atoms with Gasteiger partial charge < -0.3 is 5.73 Å². The summed E-state index contributed by atoms with van der Waals surface area (Å²) in [6, 6.07) is 12.5. The smallest absolute Gasteiger partial charge is 0.241 e. The van der Waals surface area contributed by atoms with Crippen molar-refractivity contribution in [3.05, 3.63) is 42.5 Å². The Labute approximate surface area is 113 Å². The van der Waals surface area contributed by atoms with E-state index in [9.17, 15) is 8.42 Å². The summed E-state index contributed by atoms with van der Waals surface area (Å²) in [5.41, 5.74) is 5.55. The zero-order valence-corrected chi connectivity index (χ0v) is 11.7.